The number of carbonyl (C=O) groups is 1. The van der Waals surface area contributed by atoms with Crippen molar-refractivity contribution >= 4 is 17.2 Å². The summed E-state index contributed by atoms with van der Waals surface area (Å²) < 4.78 is 0. The summed E-state index contributed by atoms with van der Waals surface area (Å²) in [6, 6.07) is 8.58. The molecule has 1 aliphatic carbocycles. The molecule has 1 saturated heterocycles. The summed E-state index contributed by atoms with van der Waals surface area (Å²) >= 11 is 1.73. The average molecular weight is 356 g/mol. The van der Waals surface area contributed by atoms with Gasteiger partial charge in [-0.15, -0.1) is 11.3 Å². The molecule has 0 radical (unpaired) electrons. The lowest BCUT2D eigenvalue weighted by atomic mass is 9.73. The van der Waals surface area contributed by atoms with Crippen molar-refractivity contribution in [1.82, 2.24) is 15.2 Å². The third-order valence-corrected chi connectivity index (χ3v) is 6.75. The monoisotopic (exact) mass is 355 g/mol. The summed E-state index contributed by atoms with van der Waals surface area (Å²) in [5.74, 6) is 0.165. The van der Waals surface area contributed by atoms with Crippen LogP contribution in [0.3, 0.4) is 0 Å². The molecule has 1 amide bonds. The number of nitrogens with one attached hydrogen (secondary N) is 1. The maximum Gasteiger partial charge on any atom is 0.227 e. The molecule has 1 aliphatic heterocycles. The number of amides is 1. The Morgan fingerprint density at radius 3 is 2.80 bits per heavy atom. The minimum absolute atomic E-state index is 0.00828. The maximum atomic E-state index is 12.4. The number of thiazole rings is 1. The van der Waals surface area contributed by atoms with Gasteiger partial charge in [-0.25, -0.2) is 4.98 Å². The van der Waals surface area contributed by atoms with E-state index in [4.69, 9.17) is 0 Å². The summed E-state index contributed by atoms with van der Waals surface area (Å²) in [6.45, 7) is 5.16. The van der Waals surface area contributed by atoms with Crippen molar-refractivity contribution in [3.8, 4) is 0 Å². The Bertz CT molecular complexity index is 777. The van der Waals surface area contributed by atoms with Crippen LogP contribution < -0.4 is 5.32 Å². The fourth-order valence-electron chi connectivity index (χ4n) is 4.63. The third-order valence-electron chi connectivity index (χ3n) is 5.93. The smallest absolute Gasteiger partial charge is 0.227 e. The molecule has 1 aromatic carbocycles. The van der Waals surface area contributed by atoms with Crippen LogP contribution in [0.25, 0.3) is 0 Å². The summed E-state index contributed by atoms with van der Waals surface area (Å²) in [6.07, 6.45) is 3.21. The van der Waals surface area contributed by atoms with Gasteiger partial charge < -0.3 is 5.32 Å². The van der Waals surface area contributed by atoms with E-state index >= 15 is 0 Å². The number of aryl methyl sites for hydroxylation is 1. The fourth-order valence-corrected chi connectivity index (χ4v) is 5.23. The highest BCUT2D eigenvalue weighted by Gasteiger charge is 2.47. The van der Waals surface area contributed by atoms with Crippen molar-refractivity contribution < 1.29 is 4.79 Å². The minimum Gasteiger partial charge on any atom is -0.359 e. The molecule has 5 heteroatoms. The summed E-state index contributed by atoms with van der Waals surface area (Å²) in [5, 5.41) is 6.17. The van der Waals surface area contributed by atoms with Crippen LogP contribution in [0, 0.1) is 6.92 Å². The van der Waals surface area contributed by atoms with Crippen molar-refractivity contribution in [2.45, 2.75) is 44.1 Å². The Hall–Kier alpha value is -1.72. The first kappa shape index (κ1) is 16.7. The molecular weight excluding hydrogens is 330 g/mol. The van der Waals surface area contributed by atoms with E-state index in [9.17, 15) is 4.79 Å². The summed E-state index contributed by atoms with van der Waals surface area (Å²) in [4.78, 5) is 19.5. The standard InChI is InChI=1S/C20H25N3OS/c1-14-22-15(13-25-14)12-23-9-7-20(8-10-23)11-17(19(24)21-2)16-5-3-4-6-18(16)20/h3-6,13,17H,7-12H2,1-2H3,(H,21,24). The molecule has 2 aromatic rings. The highest BCUT2D eigenvalue weighted by molar-refractivity contribution is 7.09. The molecule has 1 aromatic heterocycles. The lowest BCUT2D eigenvalue weighted by Crippen LogP contribution is -2.41. The molecule has 2 aliphatic rings. The molecule has 1 unspecified atom stereocenters. The van der Waals surface area contributed by atoms with Crippen LogP contribution in [0.5, 0.6) is 0 Å². The van der Waals surface area contributed by atoms with Crippen LogP contribution in [-0.2, 0) is 16.8 Å². The second kappa shape index (κ2) is 6.54. The highest BCUT2D eigenvalue weighted by atomic mass is 32.1. The van der Waals surface area contributed by atoms with Gasteiger partial charge in [0.15, 0.2) is 0 Å². The quantitative estimate of drug-likeness (QED) is 0.919. The molecule has 4 rings (SSSR count). The number of rotatable bonds is 3. The predicted octanol–water partition coefficient (Wildman–Crippen LogP) is 3.22. The third kappa shape index (κ3) is 3.00. The van der Waals surface area contributed by atoms with Crippen LogP contribution >= 0.6 is 11.3 Å². The number of benzene rings is 1. The summed E-state index contributed by atoms with van der Waals surface area (Å²) in [5.41, 5.74) is 4.01. The average Bonchev–Trinajstić information content (AvgIpc) is 3.19. The number of likely N-dealkylation sites (tertiary alicyclic amines) is 1. The Morgan fingerprint density at radius 2 is 2.12 bits per heavy atom. The van der Waals surface area contributed by atoms with Gasteiger partial charge in [-0.3, -0.25) is 9.69 Å². The van der Waals surface area contributed by atoms with Crippen LogP contribution in [-0.4, -0.2) is 35.9 Å². The second-order valence-corrected chi connectivity index (χ2v) is 8.43. The van der Waals surface area contributed by atoms with E-state index < -0.39 is 0 Å². The van der Waals surface area contributed by atoms with E-state index in [0.29, 0.717) is 0 Å². The van der Waals surface area contributed by atoms with Crippen molar-refractivity contribution in [2.75, 3.05) is 20.1 Å². The van der Waals surface area contributed by atoms with Crippen molar-refractivity contribution in [2.24, 2.45) is 0 Å². The van der Waals surface area contributed by atoms with Gasteiger partial charge in [0.1, 0.15) is 0 Å². The van der Waals surface area contributed by atoms with Crippen LogP contribution in [0.2, 0.25) is 0 Å². The Labute approximate surface area is 153 Å². The lowest BCUT2D eigenvalue weighted by molar-refractivity contribution is -0.122. The zero-order valence-corrected chi connectivity index (χ0v) is 15.7. The molecule has 1 fully saturated rings. The highest BCUT2D eigenvalue weighted by Crippen LogP contribution is 2.51. The number of nitrogens with zero attached hydrogens (tertiary/aromatic N) is 2. The lowest BCUT2D eigenvalue weighted by Gasteiger charge is -2.40. The number of carbonyl (C=O) groups excluding carboxylic acids is 1. The SMILES string of the molecule is CNC(=O)C1CC2(CCN(Cc3csc(C)n3)CC2)c2ccccc21. The largest absolute Gasteiger partial charge is 0.359 e. The van der Waals surface area contributed by atoms with Gasteiger partial charge in [-0.1, -0.05) is 24.3 Å². The fraction of sp³-hybridized carbons (Fsp3) is 0.500. The van der Waals surface area contributed by atoms with E-state index in [1.54, 1.807) is 18.4 Å². The topological polar surface area (TPSA) is 45.2 Å². The number of hydrogen-bond donors (Lipinski definition) is 1. The van der Waals surface area contributed by atoms with Crippen LogP contribution in [0.15, 0.2) is 29.6 Å². The number of piperidine rings is 1. The van der Waals surface area contributed by atoms with Gasteiger partial charge in [0, 0.05) is 19.0 Å². The van der Waals surface area contributed by atoms with Crippen LogP contribution in [0.1, 0.15) is 47.0 Å². The molecule has 1 spiro atoms. The summed E-state index contributed by atoms with van der Waals surface area (Å²) in [7, 11) is 1.74. The van der Waals surface area contributed by atoms with E-state index in [2.05, 4.69) is 51.8 Å². The van der Waals surface area contributed by atoms with Crippen molar-refractivity contribution in [1.29, 1.82) is 0 Å². The second-order valence-electron chi connectivity index (χ2n) is 7.37. The predicted molar refractivity (Wildman–Crippen MR) is 101 cm³/mol. The van der Waals surface area contributed by atoms with Gasteiger partial charge in [0.05, 0.1) is 16.6 Å². The molecule has 1 N–H and O–H groups in total. The first-order valence-corrected chi connectivity index (χ1v) is 9.94. The van der Waals surface area contributed by atoms with E-state index in [0.717, 1.165) is 43.9 Å². The van der Waals surface area contributed by atoms with Gasteiger partial charge in [0.25, 0.3) is 0 Å². The number of fused-ring (bicyclic) bond motifs is 2. The minimum atomic E-state index is 0.00828. The molecule has 132 valence electrons. The first-order chi connectivity index (χ1) is 12.1. The Kier molecular flexibility index (Phi) is 4.38. The molecule has 0 saturated carbocycles. The molecule has 4 nitrogen and oxygen atoms in total. The number of aromatic nitrogens is 1. The van der Waals surface area contributed by atoms with Gasteiger partial charge in [-0.05, 0) is 55.8 Å². The van der Waals surface area contributed by atoms with Gasteiger partial charge in [-0.2, -0.15) is 0 Å². The van der Waals surface area contributed by atoms with Crippen LogP contribution in [0.4, 0.5) is 0 Å². The molecular formula is C20H25N3OS. The molecule has 2 heterocycles. The molecule has 1 atom stereocenters. The Morgan fingerprint density at radius 1 is 1.36 bits per heavy atom. The molecule has 25 heavy (non-hydrogen) atoms. The van der Waals surface area contributed by atoms with Gasteiger partial charge >= 0.3 is 0 Å². The Balaban J connectivity index is 1.51. The molecule has 0 bridgehead atoms. The number of likely N-dealkylation sites (N-methyl/N-ethyl adjacent to an activating group) is 1. The van der Waals surface area contributed by atoms with E-state index in [1.807, 2.05) is 0 Å². The normalized spacial score (nSPS) is 22.1. The van der Waals surface area contributed by atoms with Gasteiger partial charge in [0.2, 0.25) is 5.91 Å². The van der Waals surface area contributed by atoms with E-state index in [-0.39, 0.29) is 17.2 Å². The van der Waals surface area contributed by atoms with Crippen molar-refractivity contribution in [3.05, 3.63) is 51.5 Å². The first-order valence-electron chi connectivity index (χ1n) is 9.06. The van der Waals surface area contributed by atoms with Crippen molar-refractivity contribution in [3.63, 3.8) is 0 Å². The number of hydrogen-bond acceptors (Lipinski definition) is 4. The zero-order valence-electron chi connectivity index (χ0n) is 14.9. The van der Waals surface area contributed by atoms with E-state index in [1.165, 1.54) is 16.8 Å². The zero-order chi connectivity index (χ0) is 17.4. The maximum absolute atomic E-state index is 12.4.